The third-order valence-corrected chi connectivity index (χ3v) is 4.37. The van der Waals surface area contributed by atoms with Crippen LogP contribution < -0.4 is 0 Å². The molecule has 0 fully saturated rings. The molecule has 2 aliphatic rings. The second kappa shape index (κ2) is 3.99. The lowest BCUT2D eigenvalue weighted by molar-refractivity contribution is 0.993. The maximum absolute atomic E-state index is 4.29. The fourth-order valence-electron chi connectivity index (χ4n) is 2.34. The van der Waals surface area contributed by atoms with Gasteiger partial charge in [-0.2, -0.15) is 0 Å². The summed E-state index contributed by atoms with van der Waals surface area (Å²) in [5.74, 6) is 1.07. The molecule has 3 rings (SSSR count). The lowest BCUT2D eigenvalue weighted by Gasteiger charge is -2.15. The lowest BCUT2D eigenvalue weighted by Crippen LogP contribution is -1.94. The number of allylic oxidation sites excluding steroid dienone is 4. The summed E-state index contributed by atoms with van der Waals surface area (Å²) < 4.78 is 0. The van der Waals surface area contributed by atoms with E-state index < -0.39 is 0 Å². The molecule has 80 valence electrons. The van der Waals surface area contributed by atoms with E-state index in [0.717, 1.165) is 18.6 Å². The highest BCUT2D eigenvalue weighted by Crippen LogP contribution is 2.42. The molecule has 0 saturated heterocycles. The molecular formula is C15H14S. The Kier molecular flexibility index (Phi) is 2.49. The van der Waals surface area contributed by atoms with Gasteiger partial charge in [0.2, 0.25) is 0 Å². The quantitative estimate of drug-likeness (QED) is 0.625. The number of rotatable bonds is 0. The van der Waals surface area contributed by atoms with Crippen LogP contribution in [-0.4, -0.2) is 0 Å². The zero-order valence-corrected chi connectivity index (χ0v) is 10.0. The van der Waals surface area contributed by atoms with Gasteiger partial charge < -0.3 is 0 Å². The van der Waals surface area contributed by atoms with Crippen LogP contribution in [-0.2, 0) is 5.75 Å². The van der Waals surface area contributed by atoms with Crippen molar-refractivity contribution in [2.75, 3.05) is 0 Å². The van der Waals surface area contributed by atoms with Crippen LogP contribution in [0, 0.1) is 0 Å². The number of hydrogen-bond donors (Lipinski definition) is 0. The first kappa shape index (κ1) is 9.98. The Hall–Kier alpha value is -1.21. The van der Waals surface area contributed by atoms with E-state index in [2.05, 4.69) is 43.0 Å². The van der Waals surface area contributed by atoms with Gasteiger partial charge in [0.05, 0.1) is 0 Å². The van der Waals surface area contributed by atoms with Crippen molar-refractivity contribution in [3.05, 3.63) is 64.6 Å². The van der Waals surface area contributed by atoms with Crippen LogP contribution in [0.3, 0.4) is 0 Å². The van der Waals surface area contributed by atoms with Crippen LogP contribution in [0.25, 0.3) is 5.57 Å². The first-order valence-electron chi connectivity index (χ1n) is 5.66. The highest BCUT2D eigenvalue weighted by atomic mass is 32.2. The monoisotopic (exact) mass is 226 g/mol. The Labute approximate surface area is 101 Å². The fraction of sp³-hybridized carbons (Fsp3) is 0.200. The molecule has 1 heteroatoms. The van der Waals surface area contributed by atoms with E-state index in [1.165, 1.54) is 27.2 Å². The molecule has 0 nitrogen and oxygen atoms in total. The van der Waals surface area contributed by atoms with E-state index in [9.17, 15) is 0 Å². The van der Waals surface area contributed by atoms with Gasteiger partial charge in [0.15, 0.2) is 0 Å². The summed E-state index contributed by atoms with van der Waals surface area (Å²) in [4.78, 5) is 1.42. The van der Waals surface area contributed by atoms with E-state index in [1.54, 1.807) is 0 Å². The van der Waals surface area contributed by atoms with Crippen molar-refractivity contribution in [2.45, 2.75) is 18.6 Å². The molecule has 1 aromatic carbocycles. The number of fused-ring (bicyclic) bond motifs is 1. The average molecular weight is 226 g/mol. The third-order valence-electron chi connectivity index (χ3n) is 3.22. The Balaban J connectivity index is 2.13. The van der Waals surface area contributed by atoms with Crippen molar-refractivity contribution >= 4 is 17.3 Å². The topological polar surface area (TPSA) is 0 Å². The van der Waals surface area contributed by atoms with Crippen LogP contribution >= 0.6 is 11.8 Å². The van der Waals surface area contributed by atoms with Gasteiger partial charge in [0.1, 0.15) is 0 Å². The summed E-state index contributed by atoms with van der Waals surface area (Å²) in [5.41, 5.74) is 5.45. The molecule has 0 amide bonds. The molecule has 1 aliphatic carbocycles. The Bertz CT molecular complexity index is 506. The second-order valence-corrected chi connectivity index (χ2v) is 5.23. The molecule has 1 aliphatic heterocycles. The van der Waals surface area contributed by atoms with Gasteiger partial charge in [-0.1, -0.05) is 43.0 Å². The van der Waals surface area contributed by atoms with Crippen LogP contribution in [0.2, 0.25) is 0 Å². The van der Waals surface area contributed by atoms with Crippen molar-refractivity contribution < 1.29 is 0 Å². The summed E-state index contributed by atoms with van der Waals surface area (Å²) in [6.45, 7) is 4.29. The van der Waals surface area contributed by atoms with Gasteiger partial charge in [0.25, 0.3) is 0 Å². The highest BCUT2D eigenvalue weighted by Gasteiger charge is 2.19. The zero-order chi connectivity index (χ0) is 11.0. The highest BCUT2D eigenvalue weighted by molar-refractivity contribution is 8.02. The lowest BCUT2D eigenvalue weighted by atomic mass is 9.91. The normalized spacial score (nSPS) is 19.1. The Morgan fingerprint density at radius 2 is 2.06 bits per heavy atom. The largest absolute Gasteiger partial charge is 0.121 e. The maximum Gasteiger partial charge on any atom is 0.0238 e. The minimum absolute atomic E-state index is 1.07. The maximum atomic E-state index is 4.29. The van der Waals surface area contributed by atoms with Crippen LogP contribution in [0.1, 0.15) is 24.0 Å². The van der Waals surface area contributed by atoms with Crippen LogP contribution in [0.5, 0.6) is 0 Å². The van der Waals surface area contributed by atoms with Crippen molar-refractivity contribution in [3.63, 3.8) is 0 Å². The Morgan fingerprint density at radius 3 is 3.00 bits per heavy atom. The van der Waals surface area contributed by atoms with Gasteiger partial charge in [0, 0.05) is 10.7 Å². The van der Waals surface area contributed by atoms with E-state index in [1.807, 2.05) is 11.8 Å². The summed E-state index contributed by atoms with van der Waals surface area (Å²) in [6, 6.07) is 8.65. The molecule has 0 spiro atoms. The molecule has 1 heterocycles. The van der Waals surface area contributed by atoms with Gasteiger partial charge in [-0.05, 0) is 35.1 Å². The first-order valence-corrected chi connectivity index (χ1v) is 6.65. The number of thioether (sulfide) groups is 1. The van der Waals surface area contributed by atoms with Crippen molar-refractivity contribution in [2.24, 2.45) is 0 Å². The van der Waals surface area contributed by atoms with Crippen molar-refractivity contribution in [1.29, 1.82) is 0 Å². The predicted molar refractivity (Wildman–Crippen MR) is 72.2 cm³/mol. The van der Waals surface area contributed by atoms with E-state index >= 15 is 0 Å². The van der Waals surface area contributed by atoms with Gasteiger partial charge in [-0.25, -0.2) is 0 Å². The zero-order valence-electron chi connectivity index (χ0n) is 9.20. The van der Waals surface area contributed by atoms with E-state index in [4.69, 9.17) is 0 Å². The molecule has 0 atom stereocenters. The van der Waals surface area contributed by atoms with Gasteiger partial charge in [-0.15, -0.1) is 11.8 Å². The standard InChI is InChI=1S/C15H14S/c1-11-13-7-3-2-6-12(13)10-16-15-9-5-4-8-14(11)15/h2-3,5-7,9H,1,4,8,10H2. The number of benzene rings is 1. The molecule has 0 unspecified atom stereocenters. The van der Waals surface area contributed by atoms with E-state index in [0.29, 0.717) is 0 Å². The molecule has 16 heavy (non-hydrogen) atoms. The summed E-state index contributed by atoms with van der Waals surface area (Å²) in [5, 5.41) is 0. The average Bonchev–Trinajstić information content (AvgIpc) is 2.49. The van der Waals surface area contributed by atoms with Crippen LogP contribution in [0.4, 0.5) is 0 Å². The SMILES string of the molecule is C=C1C2=C(C=CCC2)SCc2ccccc21. The molecule has 1 aromatic rings. The predicted octanol–water partition coefficient (Wildman–Crippen LogP) is 4.55. The second-order valence-electron chi connectivity index (χ2n) is 4.21. The minimum Gasteiger partial charge on any atom is -0.121 e. The molecular weight excluding hydrogens is 212 g/mol. The molecule has 0 aromatic heterocycles. The number of hydrogen-bond acceptors (Lipinski definition) is 1. The molecule has 0 saturated carbocycles. The molecule has 0 radical (unpaired) electrons. The van der Waals surface area contributed by atoms with Crippen LogP contribution in [0.15, 0.2) is 53.5 Å². The first-order chi connectivity index (χ1) is 7.86. The van der Waals surface area contributed by atoms with Crippen molar-refractivity contribution in [1.82, 2.24) is 0 Å². The minimum atomic E-state index is 1.07. The fourth-order valence-corrected chi connectivity index (χ4v) is 3.49. The molecule has 0 bridgehead atoms. The van der Waals surface area contributed by atoms with Crippen molar-refractivity contribution in [3.8, 4) is 0 Å². The summed E-state index contributed by atoms with van der Waals surface area (Å²) in [7, 11) is 0. The summed E-state index contributed by atoms with van der Waals surface area (Å²) >= 11 is 1.95. The van der Waals surface area contributed by atoms with E-state index in [-0.39, 0.29) is 0 Å². The Morgan fingerprint density at radius 1 is 1.19 bits per heavy atom. The smallest absolute Gasteiger partial charge is 0.0238 e. The third kappa shape index (κ3) is 1.56. The van der Waals surface area contributed by atoms with Gasteiger partial charge in [-0.3, -0.25) is 0 Å². The summed E-state index contributed by atoms with van der Waals surface area (Å²) in [6.07, 6.45) is 6.84. The van der Waals surface area contributed by atoms with Gasteiger partial charge >= 0.3 is 0 Å². The molecule has 0 N–H and O–H groups in total.